The molecule has 4 atom stereocenters. The predicted molar refractivity (Wildman–Crippen MR) is 100 cm³/mol. The highest BCUT2D eigenvalue weighted by Gasteiger charge is 2.19. The first-order valence-corrected chi connectivity index (χ1v) is 9.39. The summed E-state index contributed by atoms with van der Waals surface area (Å²) in [6, 6.07) is -0.00459. The Morgan fingerprint density at radius 2 is 1.28 bits per heavy atom. The van der Waals surface area contributed by atoms with Crippen molar-refractivity contribution in [2.75, 3.05) is 6.54 Å². The van der Waals surface area contributed by atoms with E-state index in [1.54, 1.807) is 0 Å². The van der Waals surface area contributed by atoms with Gasteiger partial charge < -0.3 is 20.1 Å². The van der Waals surface area contributed by atoms with Crippen molar-refractivity contribution < 1.29 is 19.1 Å². The molecule has 0 heterocycles. The number of rotatable bonds is 12. The van der Waals surface area contributed by atoms with Gasteiger partial charge in [0.25, 0.3) is 0 Å². The molecule has 148 valence electrons. The van der Waals surface area contributed by atoms with Gasteiger partial charge in [-0.3, -0.25) is 9.59 Å². The Morgan fingerprint density at radius 3 is 1.76 bits per heavy atom. The summed E-state index contributed by atoms with van der Waals surface area (Å²) in [4.78, 5) is 24.0. The maximum absolute atomic E-state index is 12.1. The Bertz CT molecular complexity index is 399. The molecule has 0 aliphatic carbocycles. The molecular formula is C19H38N2O4. The van der Waals surface area contributed by atoms with Gasteiger partial charge in [-0.25, -0.2) is 0 Å². The van der Waals surface area contributed by atoms with Crippen molar-refractivity contribution in [1.82, 2.24) is 10.6 Å². The molecule has 0 radical (unpaired) electrons. The summed E-state index contributed by atoms with van der Waals surface area (Å²) in [6.07, 6.45) is 1.76. The van der Waals surface area contributed by atoms with Crippen LogP contribution in [-0.2, 0) is 19.1 Å². The smallest absolute Gasteiger partial charge is 0.239 e. The van der Waals surface area contributed by atoms with Crippen molar-refractivity contribution in [2.24, 2.45) is 5.92 Å². The maximum Gasteiger partial charge on any atom is 0.239 e. The SMILES string of the molecule is CC(CC(C)OC(C)C)NC(=O)CNC(=O)C(C)CC(C)OC(C)C. The van der Waals surface area contributed by atoms with E-state index >= 15 is 0 Å². The summed E-state index contributed by atoms with van der Waals surface area (Å²) in [5.74, 6) is -0.506. The van der Waals surface area contributed by atoms with Crippen LogP contribution in [0.3, 0.4) is 0 Å². The predicted octanol–water partition coefficient (Wildman–Crippen LogP) is 2.65. The lowest BCUT2D eigenvalue weighted by Crippen LogP contribution is -2.43. The van der Waals surface area contributed by atoms with E-state index in [0.717, 1.165) is 6.42 Å². The third-order valence-corrected chi connectivity index (χ3v) is 3.66. The van der Waals surface area contributed by atoms with E-state index in [9.17, 15) is 9.59 Å². The molecule has 6 heteroatoms. The molecule has 6 nitrogen and oxygen atoms in total. The van der Waals surface area contributed by atoms with E-state index in [4.69, 9.17) is 9.47 Å². The van der Waals surface area contributed by atoms with Gasteiger partial charge >= 0.3 is 0 Å². The Kier molecular flexibility index (Phi) is 11.7. The second kappa shape index (κ2) is 12.3. The van der Waals surface area contributed by atoms with E-state index in [2.05, 4.69) is 10.6 Å². The van der Waals surface area contributed by atoms with E-state index in [-0.39, 0.29) is 54.7 Å². The third-order valence-electron chi connectivity index (χ3n) is 3.66. The van der Waals surface area contributed by atoms with E-state index in [1.807, 2.05) is 55.4 Å². The minimum absolute atomic E-state index is 0.00459. The Balaban J connectivity index is 4.08. The van der Waals surface area contributed by atoms with Crippen LogP contribution in [0.15, 0.2) is 0 Å². The lowest BCUT2D eigenvalue weighted by atomic mass is 10.0. The zero-order valence-electron chi connectivity index (χ0n) is 17.2. The zero-order valence-corrected chi connectivity index (χ0v) is 17.2. The molecule has 0 saturated heterocycles. The van der Waals surface area contributed by atoms with Gasteiger partial charge in [0.15, 0.2) is 0 Å². The Labute approximate surface area is 153 Å². The molecule has 4 unspecified atom stereocenters. The van der Waals surface area contributed by atoms with Crippen LogP contribution in [0.5, 0.6) is 0 Å². The number of carbonyl (C=O) groups is 2. The Hall–Kier alpha value is -1.14. The van der Waals surface area contributed by atoms with Gasteiger partial charge in [-0.05, 0) is 61.3 Å². The summed E-state index contributed by atoms with van der Waals surface area (Å²) >= 11 is 0. The van der Waals surface area contributed by atoms with Gasteiger partial charge in [0, 0.05) is 12.0 Å². The summed E-state index contributed by atoms with van der Waals surface area (Å²) in [5.41, 5.74) is 0. The zero-order chi connectivity index (χ0) is 19.6. The second-order valence-electron chi connectivity index (χ2n) is 7.55. The van der Waals surface area contributed by atoms with Gasteiger partial charge in [0.2, 0.25) is 11.8 Å². The molecule has 2 amide bonds. The minimum Gasteiger partial charge on any atom is -0.376 e. The average Bonchev–Trinajstić information content (AvgIpc) is 2.42. The highest BCUT2D eigenvalue weighted by Crippen LogP contribution is 2.11. The lowest BCUT2D eigenvalue weighted by Gasteiger charge is -2.21. The fourth-order valence-electron chi connectivity index (χ4n) is 2.87. The number of hydrogen-bond acceptors (Lipinski definition) is 4. The number of ether oxygens (including phenoxy) is 2. The highest BCUT2D eigenvalue weighted by atomic mass is 16.5. The highest BCUT2D eigenvalue weighted by molar-refractivity contribution is 5.85. The van der Waals surface area contributed by atoms with Crippen molar-refractivity contribution in [2.45, 2.75) is 98.7 Å². The fourth-order valence-corrected chi connectivity index (χ4v) is 2.87. The van der Waals surface area contributed by atoms with E-state index in [1.165, 1.54) is 0 Å². The van der Waals surface area contributed by atoms with E-state index < -0.39 is 0 Å². The van der Waals surface area contributed by atoms with Crippen LogP contribution in [0.2, 0.25) is 0 Å². The van der Waals surface area contributed by atoms with Gasteiger partial charge in [-0.2, -0.15) is 0 Å². The van der Waals surface area contributed by atoms with Crippen LogP contribution in [-0.4, -0.2) is 48.8 Å². The first-order chi connectivity index (χ1) is 11.5. The molecule has 0 fully saturated rings. The topological polar surface area (TPSA) is 76.7 Å². The van der Waals surface area contributed by atoms with Gasteiger partial charge in [0.1, 0.15) is 0 Å². The molecule has 0 aromatic carbocycles. The first-order valence-electron chi connectivity index (χ1n) is 9.39. The fraction of sp³-hybridized carbons (Fsp3) is 0.895. The normalized spacial score (nSPS) is 16.4. The van der Waals surface area contributed by atoms with Crippen molar-refractivity contribution in [3.63, 3.8) is 0 Å². The monoisotopic (exact) mass is 358 g/mol. The summed E-state index contributed by atoms with van der Waals surface area (Å²) in [5, 5.41) is 5.58. The second-order valence-corrected chi connectivity index (χ2v) is 7.55. The molecule has 0 aliphatic heterocycles. The van der Waals surface area contributed by atoms with Crippen LogP contribution in [0.25, 0.3) is 0 Å². The lowest BCUT2D eigenvalue weighted by molar-refractivity contribution is -0.129. The van der Waals surface area contributed by atoms with Crippen molar-refractivity contribution in [3.8, 4) is 0 Å². The van der Waals surface area contributed by atoms with Crippen LogP contribution < -0.4 is 10.6 Å². The number of nitrogens with one attached hydrogen (secondary N) is 2. The molecule has 0 saturated carbocycles. The quantitative estimate of drug-likeness (QED) is 0.562. The van der Waals surface area contributed by atoms with Crippen molar-refractivity contribution in [3.05, 3.63) is 0 Å². The molecule has 0 aromatic rings. The van der Waals surface area contributed by atoms with Crippen LogP contribution in [0, 0.1) is 5.92 Å². The number of amides is 2. The van der Waals surface area contributed by atoms with Gasteiger partial charge in [-0.1, -0.05) is 6.92 Å². The largest absolute Gasteiger partial charge is 0.376 e. The summed E-state index contributed by atoms with van der Waals surface area (Å²) in [7, 11) is 0. The molecule has 0 aromatic heterocycles. The average molecular weight is 359 g/mol. The first kappa shape index (κ1) is 23.9. The minimum atomic E-state index is -0.196. The number of hydrogen-bond donors (Lipinski definition) is 2. The molecule has 25 heavy (non-hydrogen) atoms. The molecule has 0 bridgehead atoms. The summed E-state index contributed by atoms with van der Waals surface area (Å²) < 4.78 is 11.3. The van der Waals surface area contributed by atoms with Crippen molar-refractivity contribution in [1.29, 1.82) is 0 Å². The third kappa shape index (κ3) is 12.8. The van der Waals surface area contributed by atoms with Crippen LogP contribution >= 0.6 is 0 Å². The number of carbonyl (C=O) groups excluding carboxylic acids is 2. The molecule has 0 spiro atoms. The van der Waals surface area contributed by atoms with Crippen LogP contribution in [0.4, 0.5) is 0 Å². The summed E-state index contributed by atoms with van der Waals surface area (Å²) in [6.45, 7) is 15.7. The molecule has 2 N–H and O–H groups in total. The van der Waals surface area contributed by atoms with Crippen molar-refractivity contribution >= 4 is 11.8 Å². The van der Waals surface area contributed by atoms with Gasteiger partial charge in [0.05, 0.1) is 31.0 Å². The van der Waals surface area contributed by atoms with E-state index in [0.29, 0.717) is 6.42 Å². The molecular weight excluding hydrogens is 320 g/mol. The van der Waals surface area contributed by atoms with Gasteiger partial charge in [-0.15, -0.1) is 0 Å². The van der Waals surface area contributed by atoms with Crippen LogP contribution in [0.1, 0.15) is 68.2 Å². The molecule has 0 rings (SSSR count). The standard InChI is InChI=1S/C19H38N2O4/c1-12(2)24-16(7)9-14(5)19(23)20-11-18(22)21-15(6)10-17(8)25-13(3)4/h12-17H,9-11H2,1-8H3,(H,20,23)(H,21,22). The Morgan fingerprint density at radius 1 is 0.800 bits per heavy atom. The molecule has 0 aliphatic rings. The maximum atomic E-state index is 12.1.